The summed E-state index contributed by atoms with van der Waals surface area (Å²) in [6, 6.07) is 21.2. The molecule has 0 amide bonds. The van der Waals surface area contributed by atoms with Gasteiger partial charge in [0.1, 0.15) is 11.5 Å². The highest BCUT2D eigenvalue weighted by molar-refractivity contribution is 9.09. The van der Waals surface area contributed by atoms with Crippen LogP contribution in [0.1, 0.15) is 31.1 Å². The fourth-order valence-corrected chi connectivity index (χ4v) is 2.73. The van der Waals surface area contributed by atoms with Gasteiger partial charge >= 0.3 is 11.9 Å². The normalized spacial score (nSPS) is 10.2. The summed E-state index contributed by atoms with van der Waals surface area (Å²) in [5.74, 6) is -1.25. The van der Waals surface area contributed by atoms with Crippen LogP contribution in [0.5, 0.6) is 11.5 Å². The van der Waals surface area contributed by atoms with Crippen molar-refractivity contribution >= 4 is 33.7 Å². The predicted octanol–water partition coefficient (Wildman–Crippen LogP) is 4.70. The quantitative estimate of drug-likeness (QED) is 0.241. The number of esters is 2. The molecule has 0 atom stereocenters. The van der Waals surface area contributed by atoms with Crippen molar-refractivity contribution in [3.05, 3.63) is 95.6 Å². The van der Waals surface area contributed by atoms with Gasteiger partial charge in [-0.25, -0.2) is 9.59 Å². The summed E-state index contributed by atoms with van der Waals surface area (Å²) in [5.41, 5.74) is 0.929. The number of ketones is 1. The average Bonchev–Trinajstić information content (AvgIpc) is 2.74. The van der Waals surface area contributed by atoms with E-state index in [-0.39, 0.29) is 28.2 Å². The Balaban J connectivity index is 1.88. The molecule has 0 radical (unpaired) electrons. The SMILES string of the molecule is O=C(Oc1ccc(C(=O)CBr)c(OC(=O)c2ccccc2)c1)c1ccccc1. The van der Waals surface area contributed by atoms with E-state index in [1.54, 1.807) is 60.7 Å². The van der Waals surface area contributed by atoms with E-state index in [0.29, 0.717) is 11.1 Å². The molecule has 0 aliphatic heterocycles. The standard InChI is InChI=1S/C22H15BrO5/c23-14-19(24)18-12-11-17(27-21(25)15-7-3-1-4-8-15)13-20(18)28-22(26)16-9-5-2-6-10-16/h1-13H,14H2. The third-order valence-corrected chi connectivity index (χ3v) is 4.32. The minimum Gasteiger partial charge on any atom is -0.423 e. The van der Waals surface area contributed by atoms with Crippen LogP contribution in [0, 0.1) is 0 Å². The lowest BCUT2D eigenvalue weighted by Crippen LogP contribution is -2.13. The number of ether oxygens (including phenoxy) is 2. The van der Waals surface area contributed by atoms with Gasteiger partial charge in [-0.3, -0.25) is 4.79 Å². The third kappa shape index (κ3) is 4.72. The van der Waals surface area contributed by atoms with E-state index in [4.69, 9.17) is 9.47 Å². The molecule has 0 heterocycles. The van der Waals surface area contributed by atoms with Gasteiger partial charge in [-0.05, 0) is 36.4 Å². The maximum Gasteiger partial charge on any atom is 0.343 e. The van der Waals surface area contributed by atoms with Gasteiger partial charge in [0.25, 0.3) is 0 Å². The second-order valence-electron chi connectivity index (χ2n) is 5.73. The van der Waals surface area contributed by atoms with E-state index in [1.165, 1.54) is 18.2 Å². The van der Waals surface area contributed by atoms with Gasteiger partial charge in [-0.2, -0.15) is 0 Å². The van der Waals surface area contributed by atoms with Crippen molar-refractivity contribution in [1.82, 2.24) is 0 Å². The molecular formula is C22H15BrO5. The zero-order valence-corrected chi connectivity index (χ0v) is 16.2. The first-order chi connectivity index (χ1) is 13.6. The second kappa shape index (κ2) is 9.10. The molecule has 28 heavy (non-hydrogen) atoms. The number of hydrogen-bond acceptors (Lipinski definition) is 5. The summed E-state index contributed by atoms with van der Waals surface area (Å²) in [6.07, 6.45) is 0. The number of rotatable bonds is 6. The fourth-order valence-electron chi connectivity index (χ4n) is 2.43. The minimum absolute atomic E-state index is 0.0247. The molecule has 0 N–H and O–H groups in total. The van der Waals surface area contributed by atoms with E-state index in [9.17, 15) is 14.4 Å². The van der Waals surface area contributed by atoms with Crippen LogP contribution in [0.4, 0.5) is 0 Å². The molecule has 0 aliphatic carbocycles. The topological polar surface area (TPSA) is 69.7 Å². The van der Waals surface area contributed by atoms with Gasteiger partial charge in [-0.15, -0.1) is 0 Å². The van der Waals surface area contributed by atoms with Crippen LogP contribution in [0.3, 0.4) is 0 Å². The van der Waals surface area contributed by atoms with Crippen LogP contribution in [0.25, 0.3) is 0 Å². The predicted molar refractivity (Wildman–Crippen MR) is 107 cm³/mol. The Morgan fingerprint density at radius 2 is 1.25 bits per heavy atom. The van der Waals surface area contributed by atoms with Gasteiger partial charge in [0, 0.05) is 6.07 Å². The first-order valence-electron chi connectivity index (χ1n) is 8.36. The summed E-state index contributed by atoms with van der Waals surface area (Å²) in [4.78, 5) is 36.8. The number of hydrogen-bond donors (Lipinski definition) is 0. The number of benzene rings is 3. The molecule has 0 aromatic heterocycles. The van der Waals surface area contributed by atoms with Crippen molar-refractivity contribution in [2.45, 2.75) is 0 Å². The summed E-state index contributed by atoms with van der Waals surface area (Å²) < 4.78 is 10.8. The highest BCUT2D eigenvalue weighted by Crippen LogP contribution is 2.27. The van der Waals surface area contributed by atoms with Crippen molar-refractivity contribution in [2.75, 3.05) is 5.33 Å². The summed E-state index contributed by atoms with van der Waals surface area (Å²) in [7, 11) is 0. The lowest BCUT2D eigenvalue weighted by Gasteiger charge is -2.11. The van der Waals surface area contributed by atoms with Gasteiger partial charge in [0.2, 0.25) is 0 Å². The number of carbonyl (C=O) groups excluding carboxylic acids is 3. The van der Waals surface area contributed by atoms with Crippen LogP contribution in [-0.4, -0.2) is 23.1 Å². The Morgan fingerprint density at radius 3 is 1.79 bits per heavy atom. The van der Waals surface area contributed by atoms with E-state index in [2.05, 4.69) is 15.9 Å². The largest absolute Gasteiger partial charge is 0.423 e. The van der Waals surface area contributed by atoms with Crippen LogP contribution < -0.4 is 9.47 Å². The first kappa shape index (κ1) is 19.5. The van der Waals surface area contributed by atoms with Crippen LogP contribution in [0.15, 0.2) is 78.9 Å². The van der Waals surface area contributed by atoms with Crippen molar-refractivity contribution in [3.63, 3.8) is 0 Å². The summed E-state index contributed by atoms with van der Waals surface area (Å²) in [5, 5.41) is 0.0615. The molecule has 3 rings (SSSR count). The maximum absolute atomic E-state index is 12.4. The third-order valence-electron chi connectivity index (χ3n) is 3.81. The molecule has 3 aromatic rings. The Hall–Kier alpha value is -3.25. The number of alkyl halides is 1. The maximum atomic E-state index is 12.4. The molecule has 0 saturated heterocycles. The van der Waals surface area contributed by atoms with E-state index < -0.39 is 11.9 Å². The highest BCUT2D eigenvalue weighted by Gasteiger charge is 2.18. The van der Waals surface area contributed by atoms with Crippen LogP contribution in [0.2, 0.25) is 0 Å². The minimum atomic E-state index is -0.615. The lowest BCUT2D eigenvalue weighted by atomic mass is 10.1. The van der Waals surface area contributed by atoms with E-state index >= 15 is 0 Å². The Labute approximate surface area is 170 Å². The van der Waals surface area contributed by atoms with Gasteiger partial charge in [0.15, 0.2) is 5.78 Å². The number of halogens is 1. The van der Waals surface area contributed by atoms with Gasteiger partial charge < -0.3 is 9.47 Å². The molecule has 3 aromatic carbocycles. The Bertz CT molecular complexity index is 1000. The molecule has 140 valence electrons. The van der Waals surface area contributed by atoms with Crippen LogP contribution in [-0.2, 0) is 0 Å². The fraction of sp³-hybridized carbons (Fsp3) is 0.0455. The second-order valence-corrected chi connectivity index (χ2v) is 6.29. The molecule has 0 saturated carbocycles. The summed E-state index contributed by atoms with van der Waals surface area (Å²) in [6.45, 7) is 0. The van der Waals surface area contributed by atoms with Crippen molar-refractivity contribution < 1.29 is 23.9 Å². The molecule has 0 unspecified atom stereocenters. The number of carbonyl (C=O) groups is 3. The lowest BCUT2D eigenvalue weighted by molar-refractivity contribution is 0.0732. The molecule has 0 spiro atoms. The first-order valence-corrected chi connectivity index (χ1v) is 9.48. The molecular weight excluding hydrogens is 424 g/mol. The molecule has 0 fully saturated rings. The van der Waals surface area contributed by atoms with Crippen molar-refractivity contribution in [3.8, 4) is 11.5 Å². The molecule has 0 bridgehead atoms. The summed E-state index contributed by atoms with van der Waals surface area (Å²) >= 11 is 3.11. The molecule has 0 aliphatic rings. The molecule has 6 heteroatoms. The van der Waals surface area contributed by atoms with Gasteiger partial charge in [0.05, 0.1) is 22.0 Å². The Kier molecular flexibility index (Phi) is 6.34. The van der Waals surface area contributed by atoms with Crippen LogP contribution >= 0.6 is 15.9 Å². The zero-order chi connectivity index (χ0) is 19.9. The van der Waals surface area contributed by atoms with Crippen molar-refractivity contribution in [2.24, 2.45) is 0 Å². The van der Waals surface area contributed by atoms with E-state index in [1.807, 2.05) is 0 Å². The van der Waals surface area contributed by atoms with E-state index in [0.717, 1.165) is 0 Å². The number of Topliss-reactive ketones (excluding diaryl/α,β-unsaturated/α-hetero) is 1. The Morgan fingerprint density at radius 1 is 0.714 bits per heavy atom. The molecule has 5 nitrogen and oxygen atoms in total. The zero-order valence-electron chi connectivity index (χ0n) is 14.6. The average molecular weight is 439 g/mol. The monoisotopic (exact) mass is 438 g/mol. The smallest absolute Gasteiger partial charge is 0.343 e. The highest BCUT2D eigenvalue weighted by atomic mass is 79.9. The van der Waals surface area contributed by atoms with Crippen molar-refractivity contribution in [1.29, 1.82) is 0 Å². The van der Waals surface area contributed by atoms with Gasteiger partial charge in [-0.1, -0.05) is 52.3 Å².